The van der Waals surface area contributed by atoms with Crippen LogP contribution in [0.25, 0.3) is 6.08 Å². The maximum atomic E-state index is 11.8. The smallest absolute Gasteiger partial charge is 0.244 e. The van der Waals surface area contributed by atoms with E-state index >= 15 is 0 Å². The van der Waals surface area contributed by atoms with Gasteiger partial charge in [0.25, 0.3) is 0 Å². The zero-order valence-corrected chi connectivity index (χ0v) is 12.3. The van der Waals surface area contributed by atoms with Gasteiger partial charge in [-0.15, -0.1) is 0 Å². The predicted molar refractivity (Wildman–Crippen MR) is 78.3 cm³/mol. The fraction of sp³-hybridized carbons (Fsp3) is 0.333. The molecule has 1 unspecified atom stereocenters. The summed E-state index contributed by atoms with van der Waals surface area (Å²) >= 11 is 0. The van der Waals surface area contributed by atoms with Gasteiger partial charge in [-0.25, -0.2) is 0 Å². The summed E-state index contributed by atoms with van der Waals surface area (Å²) in [5.41, 5.74) is 0.615. The Hall–Kier alpha value is -2.34. The summed E-state index contributed by atoms with van der Waals surface area (Å²) in [6, 6.07) is 3.36. The first-order valence-electron chi connectivity index (χ1n) is 6.61. The Labute approximate surface area is 123 Å². The van der Waals surface area contributed by atoms with E-state index in [9.17, 15) is 9.90 Å². The average Bonchev–Trinajstić information content (AvgIpc) is 3.08. The molecule has 0 fully saturated rings. The largest absolute Gasteiger partial charge is 0.466 e. The molecule has 1 atom stereocenters. The second-order valence-electron chi connectivity index (χ2n) is 5.11. The van der Waals surface area contributed by atoms with Crippen LogP contribution in [0.3, 0.4) is 0 Å². The lowest BCUT2D eigenvalue weighted by Crippen LogP contribution is -2.37. The van der Waals surface area contributed by atoms with Gasteiger partial charge in [0.15, 0.2) is 0 Å². The summed E-state index contributed by atoms with van der Waals surface area (Å²) < 4.78 is 6.88. The highest BCUT2D eigenvalue weighted by Gasteiger charge is 2.26. The fourth-order valence-electron chi connectivity index (χ4n) is 1.84. The normalized spacial score (nSPS) is 14.3. The lowest BCUT2D eigenvalue weighted by molar-refractivity contribution is -0.117. The molecular formula is C15H19N3O3. The number of carbonyl (C=O) groups is 1. The molecular weight excluding hydrogens is 270 g/mol. The van der Waals surface area contributed by atoms with E-state index in [1.54, 1.807) is 36.0 Å². The van der Waals surface area contributed by atoms with Crippen molar-refractivity contribution in [3.63, 3.8) is 0 Å². The number of furan rings is 1. The third-order valence-corrected chi connectivity index (χ3v) is 3.35. The second-order valence-corrected chi connectivity index (χ2v) is 5.11. The maximum Gasteiger partial charge on any atom is 0.244 e. The first kappa shape index (κ1) is 15.1. The molecule has 2 aromatic rings. The molecule has 0 aliphatic carbocycles. The van der Waals surface area contributed by atoms with Crippen LogP contribution >= 0.6 is 0 Å². The zero-order chi connectivity index (χ0) is 15.5. The van der Waals surface area contributed by atoms with E-state index in [-0.39, 0.29) is 12.5 Å². The van der Waals surface area contributed by atoms with Crippen LogP contribution in [-0.2, 0) is 17.4 Å². The van der Waals surface area contributed by atoms with Gasteiger partial charge in [0.1, 0.15) is 11.4 Å². The topological polar surface area (TPSA) is 80.3 Å². The Kier molecular flexibility index (Phi) is 4.28. The lowest BCUT2D eigenvalue weighted by Gasteiger charge is -2.20. The highest BCUT2D eigenvalue weighted by Crippen LogP contribution is 2.19. The van der Waals surface area contributed by atoms with E-state index in [4.69, 9.17) is 4.42 Å². The van der Waals surface area contributed by atoms with Crippen molar-refractivity contribution in [1.29, 1.82) is 0 Å². The van der Waals surface area contributed by atoms with Crippen molar-refractivity contribution in [2.75, 3.05) is 6.54 Å². The Morgan fingerprint density at radius 1 is 1.62 bits per heavy atom. The first-order chi connectivity index (χ1) is 9.90. The van der Waals surface area contributed by atoms with E-state index in [0.29, 0.717) is 5.76 Å². The number of hydrogen-bond donors (Lipinski definition) is 2. The number of amides is 1. The van der Waals surface area contributed by atoms with Crippen molar-refractivity contribution in [3.05, 3.63) is 47.7 Å². The maximum absolute atomic E-state index is 11.8. The number of aromatic nitrogens is 2. The third-order valence-electron chi connectivity index (χ3n) is 3.35. The van der Waals surface area contributed by atoms with Crippen LogP contribution in [0.15, 0.2) is 35.1 Å². The summed E-state index contributed by atoms with van der Waals surface area (Å²) in [5.74, 6) is 0.125. The van der Waals surface area contributed by atoms with E-state index in [0.717, 1.165) is 11.3 Å². The predicted octanol–water partition coefficient (Wildman–Crippen LogP) is 1.36. The molecule has 0 aromatic carbocycles. The van der Waals surface area contributed by atoms with Crippen molar-refractivity contribution in [2.24, 2.45) is 7.05 Å². The monoisotopic (exact) mass is 289 g/mol. The Morgan fingerprint density at radius 2 is 2.38 bits per heavy atom. The van der Waals surface area contributed by atoms with Crippen molar-refractivity contribution < 1.29 is 14.3 Å². The van der Waals surface area contributed by atoms with Crippen LogP contribution < -0.4 is 5.32 Å². The van der Waals surface area contributed by atoms with Crippen LogP contribution in [-0.4, -0.2) is 27.3 Å². The van der Waals surface area contributed by atoms with E-state index in [1.807, 2.05) is 14.0 Å². The highest BCUT2D eigenvalue weighted by molar-refractivity contribution is 5.91. The van der Waals surface area contributed by atoms with Crippen molar-refractivity contribution in [2.45, 2.75) is 19.4 Å². The first-order valence-corrected chi connectivity index (χ1v) is 6.61. The molecule has 2 rings (SSSR count). The molecule has 1 amide bonds. The second kappa shape index (κ2) is 5.97. The van der Waals surface area contributed by atoms with Crippen molar-refractivity contribution in [3.8, 4) is 0 Å². The van der Waals surface area contributed by atoms with Gasteiger partial charge in [0, 0.05) is 24.4 Å². The molecule has 112 valence electrons. The standard InChI is InChI=1S/C15H19N3O3/c1-11-12(9-17-18(11)3)6-7-14(19)16-10-15(2,20)13-5-4-8-21-13/h4-9,20H,10H2,1-3H3,(H,16,19)/b7-6+. The van der Waals surface area contributed by atoms with E-state index in [1.165, 1.54) is 12.3 Å². The molecule has 2 aromatic heterocycles. The Bertz CT molecular complexity index is 639. The SMILES string of the molecule is Cc1c(/C=C/C(=O)NCC(C)(O)c2ccco2)cnn1C. The molecule has 6 heteroatoms. The van der Waals surface area contributed by atoms with Crippen LogP contribution in [0.2, 0.25) is 0 Å². The number of aliphatic hydroxyl groups is 1. The van der Waals surface area contributed by atoms with Crippen LogP contribution in [0.4, 0.5) is 0 Å². The average molecular weight is 289 g/mol. The molecule has 0 radical (unpaired) electrons. The zero-order valence-electron chi connectivity index (χ0n) is 12.3. The third kappa shape index (κ3) is 3.61. The number of hydrogen-bond acceptors (Lipinski definition) is 4. The molecule has 0 spiro atoms. The molecule has 0 saturated heterocycles. The molecule has 0 bridgehead atoms. The number of nitrogens with one attached hydrogen (secondary N) is 1. The number of rotatable bonds is 5. The number of aryl methyl sites for hydroxylation is 1. The van der Waals surface area contributed by atoms with Gasteiger partial charge in [0.2, 0.25) is 5.91 Å². The van der Waals surface area contributed by atoms with Gasteiger partial charge >= 0.3 is 0 Å². The van der Waals surface area contributed by atoms with E-state index in [2.05, 4.69) is 10.4 Å². The summed E-state index contributed by atoms with van der Waals surface area (Å²) in [6.07, 6.45) is 6.29. The molecule has 0 aliphatic rings. The van der Waals surface area contributed by atoms with Gasteiger partial charge in [0.05, 0.1) is 19.0 Å². The highest BCUT2D eigenvalue weighted by atomic mass is 16.4. The minimum atomic E-state index is -1.24. The summed E-state index contributed by atoms with van der Waals surface area (Å²) in [7, 11) is 1.84. The van der Waals surface area contributed by atoms with Gasteiger partial charge in [-0.2, -0.15) is 5.10 Å². The summed E-state index contributed by atoms with van der Waals surface area (Å²) in [5, 5.41) is 16.9. The molecule has 21 heavy (non-hydrogen) atoms. The van der Waals surface area contributed by atoms with Crippen LogP contribution in [0.1, 0.15) is 23.9 Å². The molecule has 2 N–H and O–H groups in total. The molecule has 2 heterocycles. The minimum absolute atomic E-state index is 0.0652. The Morgan fingerprint density at radius 3 is 2.95 bits per heavy atom. The van der Waals surface area contributed by atoms with E-state index < -0.39 is 5.60 Å². The molecule has 6 nitrogen and oxygen atoms in total. The fourth-order valence-corrected chi connectivity index (χ4v) is 1.84. The van der Waals surface area contributed by atoms with Gasteiger partial charge in [-0.1, -0.05) is 0 Å². The van der Waals surface area contributed by atoms with Gasteiger partial charge < -0.3 is 14.8 Å². The van der Waals surface area contributed by atoms with Crippen molar-refractivity contribution in [1.82, 2.24) is 15.1 Å². The van der Waals surface area contributed by atoms with Gasteiger partial charge in [-0.3, -0.25) is 9.48 Å². The summed E-state index contributed by atoms with van der Waals surface area (Å²) in [6.45, 7) is 3.57. The Balaban J connectivity index is 1.92. The van der Waals surface area contributed by atoms with Crippen LogP contribution in [0, 0.1) is 6.92 Å². The van der Waals surface area contributed by atoms with Gasteiger partial charge in [-0.05, 0) is 32.1 Å². The van der Waals surface area contributed by atoms with Crippen molar-refractivity contribution >= 4 is 12.0 Å². The minimum Gasteiger partial charge on any atom is -0.466 e. The van der Waals surface area contributed by atoms with Crippen LogP contribution in [0.5, 0.6) is 0 Å². The summed E-state index contributed by atoms with van der Waals surface area (Å²) in [4.78, 5) is 11.8. The number of carbonyl (C=O) groups excluding carboxylic acids is 1. The quantitative estimate of drug-likeness (QED) is 0.814. The molecule has 0 aliphatic heterocycles. The molecule has 0 saturated carbocycles. The number of nitrogens with zero attached hydrogens (tertiary/aromatic N) is 2. The lowest BCUT2D eigenvalue weighted by atomic mass is 10.0.